The predicted octanol–water partition coefficient (Wildman–Crippen LogP) is 5.69. The Bertz CT molecular complexity index is 966. The lowest BCUT2D eigenvalue weighted by molar-refractivity contribution is -0.116. The molecule has 0 spiro atoms. The molecule has 1 aliphatic carbocycles. The summed E-state index contributed by atoms with van der Waals surface area (Å²) < 4.78 is 0. The van der Waals surface area contributed by atoms with E-state index >= 15 is 0 Å². The zero-order chi connectivity index (χ0) is 19.8. The number of aromatic hydroxyl groups is 1. The van der Waals surface area contributed by atoms with Crippen molar-refractivity contribution in [2.45, 2.75) is 51.9 Å². The molecule has 0 radical (unpaired) electrons. The Morgan fingerprint density at radius 2 is 1.75 bits per heavy atom. The molecule has 4 rings (SSSR count). The Balaban J connectivity index is 1.76. The molecular formula is C25H27NO2. The van der Waals surface area contributed by atoms with Gasteiger partial charge >= 0.3 is 0 Å². The second-order valence-corrected chi connectivity index (χ2v) is 8.41. The van der Waals surface area contributed by atoms with E-state index in [1.54, 1.807) is 12.1 Å². The Kier molecular flexibility index (Phi) is 4.92. The second kappa shape index (κ2) is 7.38. The van der Waals surface area contributed by atoms with Gasteiger partial charge < -0.3 is 5.11 Å². The molecule has 28 heavy (non-hydrogen) atoms. The number of rotatable bonds is 3. The highest BCUT2D eigenvalue weighted by Gasteiger charge is 2.37. The van der Waals surface area contributed by atoms with E-state index in [1.165, 1.54) is 11.1 Å². The van der Waals surface area contributed by atoms with E-state index in [1.807, 2.05) is 12.1 Å². The predicted molar refractivity (Wildman–Crippen MR) is 113 cm³/mol. The van der Waals surface area contributed by atoms with Crippen LogP contribution in [0.2, 0.25) is 0 Å². The van der Waals surface area contributed by atoms with E-state index in [-0.39, 0.29) is 23.4 Å². The molecular weight excluding hydrogens is 346 g/mol. The first-order valence-electron chi connectivity index (χ1n) is 10.1. The van der Waals surface area contributed by atoms with Gasteiger partial charge in [0.1, 0.15) is 5.75 Å². The minimum Gasteiger partial charge on any atom is -0.508 e. The number of Topliss-reactive ketones (excluding diaryl/α,β-unsaturated/α-hetero) is 1. The molecule has 0 aromatic heterocycles. The number of allylic oxidation sites excluding steroid dienone is 2. The number of carbonyl (C=O) groups is 1. The van der Waals surface area contributed by atoms with Gasteiger partial charge in [-0.1, -0.05) is 55.8 Å². The van der Waals surface area contributed by atoms with E-state index < -0.39 is 0 Å². The van der Waals surface area contributed by atoms with Crippen molar-refractivity contribution < 1.29 is 9.90 Å². The van der Waals surface area contributed by atoms with Gasteiger partial charge in [-0.15, -0.1) is 0 Å². The monoisotopic (exact) mass is 373 g/mol. The molecule has 1 N–H and O–H groups in total. The van der Waals surface area contributed by atoms with Crippen LogP contribution in [0, 0.1) is 12.8 Å². The van der Waals surface area contributed by atoms with Gasteiger partial charge in [-0.2, -0.15) is 0 Å². The van der Waals surface area contributed by atoms with Crippen LogP contribution in [0.3, 0.4) is 0 Å². The summed E-state index contributed by atoms with van der Waals surface area (Å²) in [6.07, 6.45) is 2.08. The van der Waals surface area contributed by atoms with Crippen molar-refractivity contribution in [2.75, 3.05) is 0 Å². The fourth-order valence-electron chi connectivity index (χ4n) is 4.41. The number of nitrogens with zero attached hydrogens (tertiary/aromatic N) is 1. The molecule has 3 heteroatoms. The van der Waals surface area contributed by atoms with E-state index in [2.05, 4.69) is 45.0 Å². The van der Waals surface area contributed by atoms with Crippen molar-refractivity contribution in [1.29, 1.82) is 0 Å². The normalized spacial score (nSPS) is 22.3. The summed E-state index contributed by atoms with van der Waals surface area (Å²) in [5.74, 6) is 0.958. The Hall–Kier alpha value is -2.68. The number of aliphatic imine (C=N–C) groups is 1. The third-order valence-electron chi connectivity index (χ3n) is 6.01. The van der Waals surface area contributed by atoms with E-state index in [0.29, 0.717) is 12.3 Å². The molecule has 2 aliphatic rings. The summed E-state index contributed by atoms with van der Waals surface area (Å²) in [5, 5.41) is 9.96. The summed E-state index contributed by atoms with van der Waals surface area (Å²) in [5.41, 5.74) is 6.40. The zero-order valence-corrected chi connectivity index (χ0v) is 16.8. The topological polar surface area (TPSA) is 49.7 Å². The molecule has 144 valence electrons. The summed E-state index contributed by atoms with van der Waals surface area (Å²) in [4.78, 5) is 18.2. The number of hydrogen-bond acceptors (Lipinski definition) is 3. The van der Waals surface area contributed by atoms with Crippen LogP contribution in [0.4, 0.5) is 0 Å². The maximum absolute atomic E-state index is 13.2. The van der Waals surface area contributed by atoms with Crippen LogP contribution >= 0.6 is 0 Å². The second-order valence-electron chi connectivity index (χ2n) is 8.41. The molecule has 2 aromatic rings. The van der Waals surface area contributed by atoms with Crippen LogP contribution in [0.5, 0.6) is 5.75 Å². The lowest BCUT2D eigenvalue weighted by atomic mass is 9.72. The fourth-order valence-corrected chi connectivity index (χ4v) is 4.41. The maximum Gasteiger partial charge on any atom is 0.161 e. The van der Waals surface area contributed by atoms with Gasteiger partial charge in [-0.3, -0.25) is 9.79 Å². The molecule has 3 nitrogen and oxygen atoms in total. The first kappa shape index (κ1) is 18.7. The molecule has 2 aromatic carbocycles. The van der Waals surface area contributed by atoms with E-state index in [0.717, 1.165) is 35.4 Å². The summed E-state index contributed by atoms with van der Waals surface area (Å²) in [7, 11) is 0. The van der Waals surface area contributed by atoms with Crippen LogP contribution in [0.15, 0.2) is 64.8 Å². The molecule has 2 unspecified atom stereocenters. The standard InChI is InChI=1S/C25H27NO2/c1-15(2)22-14-21(18-5-4-6-20(27)11-18)25-23(26-22)12-19(13-24(25)28)17-9-7-16(3)8-10-17/h4-11,15,19,21,27H,12-14H2,1-3H3. The van der Waals surface area contributed by atoms with Gasteiger partial charge in [0, 0.05) is 29.3 Å². The average Bonchev–Trinajstić information content (AvgIpc) is 2.67. The average molecular weight is 373 g/mol. The van der Waals surface area contributed by atoms with Crippen molar-refractivity contribution in [3.05, 3.63) is 76.5 Å². The maximum atomic E-state index is 13.2. The third kappa shape index (κ3) is 3.54. The third-order valence-corrected chi connectivity index (χ3v) is 6.01. The number of phenolic OH excluding ortho intramolecular Hbond substituents is 1. The highest BCUT2D eigenvalue weighted by Crippen LogP contribution is 2.45. The van der Waals surface area contributed by atoms with E-state index in [9.17, 15) is 9.90 Å². The van der Waals surface area contributed by atoms with Gasteiger partial charge in [0.2, 0.25) is 0 Å². The highest BCUT2D eigenvalue weighted by atomic mass is 16.3. The molecule has 0 fully saturated rings. The van der Waals surface area contributed by atoms with Crippen LogP contribution < -0.4 is 0 Å². The summed E-state index contributed by atoms with van der Waals surface area (Å²) >= 11 is 0. The van der Waals surface area contributed by atoms with Gasteiger partial charge in [-0.25, -0.2) is 0 Å². The van der Waals surface area contributed by atoms with Crippen molar-refractivity contribution in [3.8, 4) is 5.75 Å². The van der Waals surface area contributed by atoms with Gasteiger partial charge in [0.25, 0.3) is 0 Å². The molecule has 0 saturated heterocycles. The number of phenols is 1. The van der Waals surface area contributed by atoms with Gasteiger partial charge in [-0.05, 0) is 54.9 Å². The largest absolute Gasteiger partial charge is 0.508 e. The lowest BCUT2D eigenvalue weighted by Crippen LogP contribution is -2.28. The Morgan fingerprint density at radius 3 is 2.43 bits per heavy atom. The lowest BCUT2D eigenvalue weighted by Gasteiger charge is -2.34. The smallest absolute Gasteiger partial charge is 0.161 e. The number of hydrogen-bond donors (Lipinski definition) is 1. The van der Waals surface area contributed by atoms with Gasteiger partial charge in [0.05, 0.1) is 0 Å². The first-order valence-corrected chi connectivity index (χ1v) is 10.1. The summed E-state index contributed by atoms with van der Waals surface area (Å²) in [6, 6.07) is 15.8. The van der Waals surface area contributed by atoms with Crippen molar-refractivity contribution >= 4 is 11.5 Å². The molecule has 1 aliphatic heterocycles. The van der Waals surface area contributed by atoms with Crippen molar-refractivity contribution in [3.63, 3.8) is 0 Å². The van der Waals surface area contributed by atoms with Gasteiger partial charge in [0.15, 0.2) is 5.78 Å². The molecule has 2 atom stereocenters. The minimum atomic E-state index is -0.0107. The van der Waals surface area contributed by atoms with Crippen LogP contribution in [-0.4, -0.2) is 16.6 Å². The molecule has 0 amide bonds. The fraction of sp³-hybridized carbons (Fsp3) is 0.360. The number of benzene rings is 2. The van der Waals surface area contributed by atoms with Crippen LogP contribution in [0.1, 0.15) is 61.6 Å². The first-order chi connectivity index (χ1) is 13.4. The summed E-state index contributed by atoms with van der Waals surface area (Å²) in [6.45, 7) is 6.40. The van der Waals surface area contributed by atoms with Crippen LogP contribution in [-0.2, 0) is 4.79 Å². The van der Waals surface area contributed by atoms with E-state index in [4.69, 9.17) is 4.99 Å². The molecule has 0 bridgehead atoms. The Labute approximate surface area is 166 Å². The van der Waals surface area contributed by atoms with Crippen molar-refractivity contribution in [1.82, 2.24) is 0 Å². The number of aryl methyl sites for hydroxylation is 1. The molecule has 1 heterocycles. The quantitative estimate of drug-likeness (QED) is 0.752. The van der Waals surface area contributed by atoms with Crippen molar-refractivity contribution in [2.24, 2.45) is 10.9 Å². The SMILES string of the molecule is Cc1ccc(C2CC(=O)C3=C(C2)N=C(C(C)C)CC3c2cccc(O)c2)cc1. The Morgan fingerprint density at radius 1 is 1.00 bits per heavy atom. The number of ketones is 1. The molecule has 0 saturated carbocycles. The zero-order valence-electron chi connectivity index (χ0n) is 16.8. The highest BCUT2D eigenvalue weighted by molar-refractivity contribution is 6.02. The minimum absolute atomic E-state index is 0.0107. The number of carbonyl (C=O) groups excluding carboxylic acids is 1. The van der Waals surface area contributed by atoms with Crippen LogP contribution in [0.25, 0.3) is 0 Å².